The normalized spacial score (nSPS) is 17.8. The molecule has 5 nitrogen and oxygen atoms in total. The van der Waals surface area contributed by atoms with Gasteiger partial charge in [-0.05, 0) is 25.8 Å². The largest absolute Gasteiger partial charge is 0.379 e. The van der Waals surface area contributed by atoms with Crippen LogP contribution in [0.15, 0.2) is 0 Å². The van der Waals surface area contributed by atoms with Gasteiger partial charge in [-0.3, -0.25) is 4.90 Å². The first-order chi connectivity index (χ1) is 9.60. The fourth-order valence-electron chi connectivity index (χ4n) is 2.40. The van der Waals surface area contributed by atoms with Gasteiger partial charge in [0.15, 0.2) is 0 Å². The van der Waals surface area contributed by atoms with Crippen LogP contribution in [0.5, 0.6) is 0 Å². The van der Waals surface area contributed by atoms with E-state index in [1.54, 1.807) is 4.31 Å². The van der Waals surface area contributed by atoms with Crippen molar-refractivity contribution in [3.63, 3.8) is 0 Å². The highest BCUT2D eigenvalue weighted by Gasteiger charge is 2.21. The van der Waals surface area contributed by atoms with Crippen LogP contribution >= 0.6 is 0 Å². The third-order valence-corrected chi connectivity index (χ3v) is 5.56. The predicted molar refractivity (Wildman–Crippen MR) is 82.4 cm³/mol. The van der Waals surface area contributed by atoms with Crippen LogP contribution in [0.3, 0.4) is 0 Å². The summed E-state index contributed by atoms with van der Waals surface area (Å²) in [4.78, 5) is 2.29. The number of unbranched alkanes of at least 4 members (excludes halogenated alkanes) is 1. The highest BCUT2D eigenvalue weighted by atomic mass is 32.2. The molecule has 0 N–H and O–H groups in total. The number of sulfonamides is 1. The zero-order valence-corrected chi connectivity index (χ0v) is 13.8. The molecular weight excluding hydrogens is 276 g/mol. The Kier molecular flexibility index (Phi) is 8.68. The summed E-state index contributed by atoms with van der Waals surface area (Å²) in [5, 5.41) is 0. The first-order valence-corrected chi connectivity index (χ1v) is 9.49. The standard InChI is InChI=1S/C14H30N2O3S/c1-3-5-9-16(7-4-2)20(17,18)14-6-8-15-10-12-19-13-11-15/h3-14H2,1-2H3. The summed E-state index contributed by atoms with van der Waals surface area (Å²) in [6.07, 6.45) is 3.58. The highest BCUT2D eigenvalue weighted by molar-refractivity contribution is 7.89. The highest BCUT2D eigenvalue weighted by Crippen LogP contribution is 2.08. The second-order valence-electron chi connectivity index (χ2n) is 5.38. The van der Waals surface area contributed by atoms with Gasteiger partial charge in [-0.2, -0.15) is 0 Å². The van der Waals surface area contributed by atoms with Gasteiger partial charge in [-0.25, -0.2) is 12.7 Å². The van der Waals surface area contributed by atoms with E-state index in [9.17, 15) is 8.42 Å². The molecular formula is C14H30N2O3S. The Morgan fingerprint density at radius 2 is 1.75 bits per heavy atom. The quantitative estimate of drug-likeness (QED) is 0.614. The lowest BCUT2D eigenvalue weighted by molar-refractivity contribution is 0.0380. The van der Waals surface area contributed by atoms with Crippen molar-refractivity contribution in [2.45, 2.75) is 39.5 Å². The topological polar surface area (TPSA) is 49.9 Å². The molecule has 0 unspecified atom stereocenters. The summed E-state index contributed by atoms with van der Waals surface area (Å²) in [6.45, 7) is 9.69. The van der Waals surface area contributed by atoms with Crippen molar-refractivity contribution in [1.29, 1.82) is 0 Å². The molecule has 1 rings (SSSR count). The van der Waals surface area contributed by atoms with Gasteiger partial charge in [0.1, 0.15) is 0 Å². The molecule has 1 saturated heterocycles. The molecule has 20 heavy (non-hydrogen) atoms. The summed E-state index contributed by atoms with van der Waals surface area (Å²) < 4.78 is 31.7. The Bertz CT molecular complexity index is 340. The van der Waals surface area contributed by atoms with E-state index in [1.165, 1.54) is 0 Å². The molecule has 0 bridgehead atoms. The van der Waals surface area contributed by atoms with E-state index in [0.29, 0.717) is 19.5 Å². The summed E-state index contributed by atoms with van der Waals surface area (Å²) in [5.74, 6) is 0.272. The van der Waals surface area contributed by atoms with Gasteiger partial charge < -0.3 is 4.74 Å². The van der Waals surface area contributed by atoms with Gasteiger partial charge in [0.2, 0.25) is 10.0 Å². The average Bonchev–Trinajstić information content (AvgIpc) is 2.44. The SMILES string of the molecule is CCCCN(CCC)S(=O)(=O)CCCN1CCOCC1. The number of morpholine rings is 1. The smallest absolute Gasteiger partial charge is 0.214 e. The van der Waals surface area contributed by atoms with E-state index in [4.69, 9.17) is 4.74 Å². The van der Waals surface area contributed by atoms with Gasteiger partial charge >= 0.3 is 0 Å². The first kappa shape index (κ1) is 17.9. The maximum absolute atomic E-state index is 12.4. The van der Waals surface area contributed by atoms with Crippen molar-refractivity contribution in [1.82, 2.24) is 9.21 Å². The second kappa shape index (κ2) is 9.71. The lowest BCUT2D eigenvalue weighted by Gasteiger charge is -2.27. The maximum atomic E-state index is 12.4. The number of nitrogens with zero attached hydrogens (tertiary/aromatic N) is 2. The maximum Gasteiger partial charge on any atom is 0.214 e. The van der Waals surface area contributed by atoms with Crippen LogP contribution < -0.4 is 0 Å². The molecule has 0 amide bonds. The molecule has 1 aliphatic heterocycles. The molecule has 0 aromatic carbocycles. The Balaban J connectivity index is 2.36. The van der Waals surface area contributed by atoms with Gasteiger partial charge in [-0.15, -0.1) is 0 Å². The van der Waals surface area contributed by atoms with E-state index in [0.717, 1.165) is 52.1 Å². The Morgan fingerprint density at radius 3 is 2.35 bits per heavy atom. The minimum absolute atomic E-state index is 0.272. The number of rotatable bonds is 10. The van der Waals surface area contributed by atoms with Gasteiger partial charge in [0, 0.05) is 26.2 Å². The zero-order valence-electron chi connectivity index (χ0n) is 13.0. The number of hydrogen-bond acceptors (Lipinski definition) is 4. The van der Waals surface area contributed by atoms with Gasteiger partial charge in [0.05, 0.1) is 19.0 Å². The molecule has 1 heterocycles. The van der Waals surface area contributed by atoms with Crippen molar-refractivity contribution in [2.75, 3.05) is 51.7 Å². The fraction of sp³-hybridized carbons (Fsp3) is 1.00. The van der Waals surface area contributed by atoms with Gasteiger partial charge in [-0.1, -0.05) is 20.3 Å². The summed E-state index contributed by atoms with van der Waals surface area (Å²) >= 11 is 0. The minimum Gasteiger partial charge on any atom is -0.379 e. The van der Waals surface area contributed by atoms with Gasteiger partial charge in [0.25, 0.3) is 0 Å². The molecule has 0 saturated carbocycles. The van der Waals surface area contributed by atoms with Crippen molar-refractivity contribution in [3.05, 3.63) is 0 Å². The average molecular weight is 306 g/mol. The van der Waals surface area contributed by atoms with Crippen molar-refractivity contribution < 1.29 is 13.2 Å². The summed E-state index contributed by atoms with van der Waals surface area (Å²) in [6, 6.07) is 0. The third-order valence-electron chi connectivity index (χ3n) is 3.61. The lowest BCUT2D eigenvalue weighted by Crippen LogP contribution is -2.39. The number of ether oxygens (including phenoxy) is 1. The molecule has 0 atom stereocenters. The van der Waals surface area contributed by atoms with Crippen LogP contribution in [0.1, 0.15) is 39.5 Å². The molecule has 120 valence electrons. The van der Waals surface area contributed by atoms with Crippen molar-refractivity contribution in [2.24, 2.45) is 0 Å². The van der Waals surface area contributed by atoms with Crippen LogP contribution in [0.4, 0.5) is 0 Å². The lowest BCUT2D eigenvalue weighted by atomic mass is 10.3. The second-order valence-corrected chi connectivity index (χ2v) is 7.46. The Morgan fingerprint density at radius 1 is 1.05 bits per heavy atom. The van der Waals surface area contributed by atoms with E-state index in [1.807, 2.05) is 6.92 Å². The Labute approximate surface area is 124 Å². The van der Waals surface area contributed by atoms with Crippen LogP contribution in [0, 0.1) is 0 Å². The van der Waals surface area contributed by atoms with E-state index >= 15 is 0 Å². The summed E-state index contributed by atoms with van der Waals surface area (Å²) in [5.41, 5.74) is 0. The molecule has 0 aliphatic carbocycles. The molecule has 0 aromatic rings. The molecule has 0 aromatic heterocycles. The van der Waals surface area contributed by atoms with E-state index in [-0.39, 0.29) is 5.75 Å². The van der Waals surface area contributed by atoms with Crippen LogP contribution in [-0.4, -0.2) is 69.3 Å². The van der Waals surface area contributed by atoms with Crippen LogP contribution in [0.2, 0.25) is 0 Å². The molecule has 0 spiro atoms. The van der Waals surface area contributed by atoms with Crippen molar-refractivity contribution in [3.8, 4) is 0 Å². The minimum atomic E-state index is -3.08. The molecule has 6 heteroatoms. The van der Waals surface area contributed by atoms with E-state index in [2.05, 4.69) is 11.8 Å². The fourth-order valence-corrected chi connectivity index (χ4v) is 4.02. The molecule has 1 fully saturated rings. The molecule has 1 aliphatic rings. The Hall–Kier alpha value is -0.170. The molecule has 0 radical (unpaired) electrons. The van der Waals surface area contributed by atoms with Crippen LogP contribution in [-0.2, 0) is 14.8 Å². The van der Waals surface area contributed by atoms with E-state index < -0.39 is 10.0 Å². The zero-order chi connectivity index (χ0) is 14.8. The monoisotopic (exact) mass is 306 g/mol. The summed E-state index contributed by atoms with van der Waals surface area (Å²) in [7, 11) is -3.08. The van der Waals surface area contributed by atoms with Crippen LogP contribution in [0.25, 0.3) is 0 Å². The third kappa shape index (κ3) is 6.52. The predicted octanol–water partition coefficient (Wildman–Crippen LogP) is 1.55. The first-order valence-electron chi connectivity index (χ1n) is 7.88. The number of hydrogen-bond donors (Lipinski definition) is 0. The van der Waals surface area contributed by atoms with Crippen molar-refractivity contribution >= 4 is 10.0 Å².